The molecule has 2 aromatic rings. The molecule has 1 aromatic carbocycles. The average molecular weight is 528 g/mol. The molecule has 2 heterocycles. The fourth-order valence-electron chi connectivity index (χ4n) is 3.20. The highest BCUT2D eigenvalue weighted by Crippen LogP contribution is 2.35. The minimum atomic E-state index is -0.0620. The number of oxazole rings is 1. The number of aromatic nitrogens is 1. The van der Waals surface area contributed by atoms with E-state index in [9.17, 15) is 0 Å². The lowest BCUT2D eigenvalue weighted by molar-refractivity contribution is 0.254. The second-order valence-electron chi connectivity index (χ2n) is 8.32. The summed E-state index contributed by atoms with van der Waals surface area (Å²) >= 11 is 0. The lowest BCUT2D eigenvalue weighted by Crippen LogP contribution is -2.36. The first kappa shape index (κ1) is 24.3. The summed E-state index contributed by atoms with van der Waals surface area (Å²) in [6, 6.07) is 4.10. The van der Waals surface area contributed by atoms with Gasteiger partial charge in [0, 0.05) is 29.5 Å². The van der Waals surface area contributed by atoms with Crippen molar-refractivity contribution in [2.45, 2.75) is 65.6 Å². The lowest BCUT2D eigenvalue weighted by atomic mass is 9.94. The van der Waals surface area contributed by atoms with Crippen LogP contribution in [-0.2, 0) is 24.9 Å². The minimum absolute atomic E-state index is 0. The van der Waals surface area contributed by atoms with Gasteiger partial charge in [-0.3, -0.25) is 0 Å². The molecule has 0 fully saturated rings. The van der Waals surface area contributed by atoms with E-state index < -0.39 is 0 Å². The van der Waals surface area contributed by atoms with E-state index in [1.165, 1.54) is 5.56 Å². The number of nitrogens with one attached hydrogen (secondary N) is 2. The molecule has 1 aliphatic heterocycles. The maximum Gasteiger partial charge on any atom is 0.213 e. The first-order chi connectivity index (χ1) is 13.8. The zero-order valence-electron chi connectivity index (χ0n) is 18.7. The highest BCUT2D eigenvalue weighted by molar-refractivity contribution is 14.0. The molecule has 0 saturated carbocycles. The smallest absolute Gasteiger partial charge is 0.213 e. The SMILES string of the molecule is CCNC(=NCc1cc2c(cc1OC)CC(C)O2)NCc1ncc(C(C)(C)C)o1.I. The van der Waals surface area contributed by atoms with Crippen molar-refractivity contribution in [1.82, 2.24) is 15.6 Å². The number of methoxy groups -OCH3 is 1. The summed E-state index contributed by atoms with van der Waals surface area (Å²) in [5, 5.41) is 6.53. The number of aliphatic imine (C=N–C) groups is 1. The van der Waals surface area contributed by atoms with Crippen LogP contribution in [0, 0.1) is 0 Å². The Kier molecular flexibility index (Phi) is 8.40. The van der Waals surface area contributed by atoms with Gasteiger partial charge in [0.05, 0.1) is 26.4 Å². The molecular weight excluding hydrogens is 495 g/mol. The van der Waals surface area contributed by atoms with E-state index in [2.05, 4.69) is 49.4 Å². The average Bonchev–Trinajstić information content (AvgIpc) is 3.28. The second-order valence-corrected chi connectivity index (χ2v) is 8.32. The summed E-state index contributed by atoms with van der Waals surface area (Å²) < 4.78 is 17.3. The number of hydrogen-bond donors (Lipinski definition) is 2. The van der Waals surface area contributed by atoms with Gasteiger partial charge in [-0.1, -0.05) is 20.8 Å². The van der Waals surface area contributed by atoms with Crippen LogP contribution >= 0.6 is 24.0 Å². The number of fused-ring (bicyclic) bond motifs is 1. The number of halogens is 1. The standard InChI is InChI=1S/C22H32N4O3.HI/c1-7-23-21(26-13-20-24-12-19(29-20)22(3,4)5)25-11-16-10-18-15(8-14(2)28-18)9-17(16)27-6;/h9-10,12,14H,7-8,11,13H2,1-6H3,(H2,23,25,26);1H. The van der Waals surface area contributed by atoms with E-state index in [1.807, 2.05) is 13.0 Å². The van der Waals surface area contributed by atoms with Crippen LogP contribution in [0.2, 0.25) is 0 Å². The Hall–Kier alpha value is -1.97. The van der Waals surface area contributed by atoms with Crippen molar-refractivity contribution in [3.8, 4) is 11.5 Å². The van der Waals surface area contributed by atoms with Crippen LogP contribution in [0.25, 0.3) is 0 Å². The quantitative estimate of drug-likeness (QED) is 0.333. The molecule has 7 nitrogen and oxygen atoms in total. The highest BCUT2D eigenvalue weighted by Gasteiger charge is 2.22. The summed E-state index contributed by atoms with van der Waals surface area (Å²) in [6.07, 6.45) is 2.90. The monoisotopic (exact) mass is 528 g/mol. The first-order valence-electron chi connectivity index (χ1n) is 10.1. The van der Waals surface area contributed by atoms with Crippen molar-refractivity contribution >= 4 is 29.9 Å². The van der Waals surface area contributed by atoms with Crippen molar-refractivity contribution in [2.24, 2.45) is 4.99 Å². The molecule has 1 atom stereocenters. The largest absolute Gasteiger partial charge is 0.496 e. The van der Waals surface area contributed by atoms with Gasteiger partial charge in [-0.05, 0) is 26.0 Å². The molecule has 30 heavy (non-hydrogen) atoms. The van der Waals surface area contributed by atoms with Gasteiger partial charge in [0.15, 0.2) is 5.96 Å². The van der Waals surface area contributed by atoms with Gasteiger partial charge in [0.2, 0.25) is 5.89 Å². The molecule has 0 saturated heterocycles. The van der Waals surface area contributed by atoms with Crippen LogP contribution < -0.4 is 20.1 Å². The van der Waals surface area contributed by atoms with Gasteiger partial charge < -0.3 is 24.5 Å². The molecule has 1 unspecified atom stereocenters. The van der Waals surface area contributed by atoms with Gasteiger partial charge in [0.25, 0.3) is 0 Å². The summed E-state index contributed by atoms with van der Waals surface area (Å²) in [6.45, 7) is 12.1. The van der Waals surface area contributed by atoms with Gasteiger partial charge in [0.1, 0.15) is 23.4 Å². The van der Waals surface area contributed by atoms with E-state index in [4.69, 9.17) is 18.9 Å². The Balaban J connectivity index is 0.00000320. The maximum absolute atomic E-state index is 5.88. The third kappa shape index (κ3) is 6.02. The van der Waals surface area contributed by atoms with E-state index in [-0.39, 0.29) is 35.5 Å². The zero-order chi connectivity index (χ0) is 21.0. The molecular formula is C22H33IN4O3. The van der Waals surface area contributed by atoms with Crippen LogP contribution in [-0.4, -0.2) is 30.7 Å². The van der Waals surface area contributed by atoms with E-state index in [0.717, 1.165) is 35.8 Å². The van der Waals surface area contributed by atoms with E-state index in [1.54, 1.807) is 13.3 Å². The summed E-state index contributed by atoms with van der Waals surface area (Å²) in [4.78, 5) is 9.06. The molecule has 8 heteroatoms. The number of guanidine groups is 1. The summed E-state index contributed by atoms with van der Waals surface area (Å²) in [7, 11) is 1.69. The first-order valence-corrected chi connectivity index (χ1v) is 10.1. The highest BCUT2D eigenvalue weighted by atomic mass is 127. The molecule has 3 rings (SSSR count). The Morgan fingerprint density at radius 2 is 2.07 bits per heavy atom. The zero-order valence-corrected chi connectivity index (χ0v) is 21.0. The van der Waals surface area contributed by atoms with Crippen molar-refractivity contribution in [1.29, 1.82) is 0 Å². The third-order valence-electron chi connectivity index (χ3n) is 4.75. The number of nitrogens with zero attached hydrogens (tertiary/aromatic N) is 2. The summed E-state index contributed by atoms with van der Waals surface area (Å²) in [5.41, 5.74) is 2.11. The molecule has 1 aromatic heterocycles. The van der Waals surface area contributed by atoms with Gasteiger partial charge >= 0.3 is 0 Å². The van der Waals surface area contributed by atoms with Crippen LogP contribution in [0.4, 0.5) is 0 Å². The number of benzene rings is 1. The van der Waals surface area contributed by atoms with E-state index in [0.29, 0.717) is 24.9 Å². The van der Waals surface area contributed by atoms with Crippen molar-refractivity contribution < 1.29 is 13.9 Å². The molecule has 2 N–H and O–H groups in total. The van der Waals surface area contributed by atoms with Crippen LogP contribution in [0.5, 0.6) is 11.5 Å². The van der Waals surface area contributed by atoms with Gasteiger partial charge in [-0.2, -0.15) is 0 Å². The van der Waals surface area contributed by atoms with E-state index >= 15 is 0 Å². The predicted molar refractivity (Wildman–Crippen MR) is 129 cm³/mol. The molecule has 0 aliphatic carbocycles. The Morgan fingerprint density at radius 1 is 1.30 bits per heavy atom. The van der Waals surface area contributed by atoms with Gasteiger partial charge in [-0.15, -0.1) is 24.0 Å². The maximum atomic E-state index is 5.88. The number of ether oxygens (including phenoxy) is 2. The summed E-state index contributed by atoms with van der Waals surface area (Å²) in [5.74, 6) is 3.96. The number of hydrogen-bond acceptors (Lipinski definition) is 5. The fraction of sp³-hybridized carbons (Fsp3) is 0.545. The van der Waals surface area contributed by atoms with Gasteiger partial charge in [-0.25, -0.2) is 9.98 Å². The fourth-order valence-corrected chi connectivity index (χ4v) is 3.20. The molecule has 0 radical (unpaired) electrons. The predicted octanol–water partition coefficient (Wildman–Crippen LogP) is 4.18. The Bertz CT molecular complexity index is 874. The Morgan fingerprint density at radius 3 is 2.70 bits per heavy atom. The second kappa shape index (κ2) is 10.4. The van der Waals surface area contributed by atoms with Crippen molar-refractivity contribution in [3.05, 3.63) is 41.1 Å². The molecule has 0 spiro atoms. The minimum Gasteiger partial charge on any atom is -0.496 e. The van der Waals surface area contributed by atoms with Crippen molar-refractivity contribution in [2.75, 3.05) is 13.7 Å². The molecule has 1 aliphatic rings. The molecule has 0 amide bonds. The third-order valence-corrected chi connectivity index (χ3v) is 4.75. The van der Waals surface area contributed by atoms with Crippen molar-refractivity contribution in [3.63, 3.8) is 0 Å². The lowest BCUT2D eigenvalue weighted by Gasteiger charge is -2.14. The molecule has 166 valence electrons. The van der Waals surface area contributed by atoms with Crippen LogP contribution in [0.3, 0.4) is 0 Å². The van der Waals surface area contributed by atoms with Crippen LogP contribution in [0.15, 0.2) is 27.7 Å². The number of rotatable bonds is 6. The van der Waals surface area contributed by atoms with Crippen LogP contribution in [0.1, 0.15) is 57.4 Å². The topological polar surface area (TPSA) is 80.9 Å². The normalized spacial score (nSPS) is 15.8. The Labute approximate surface area is 196 Å². The molecule has 0 bridgehead atoms.